The molecule has 1 fully saturated rings. The van der Waals surface area contributed by atoms with Gasteiger partial charge >= 0.3 is 0 Å². The lowest BCUT2D eigenvalue weighted by atomic mass is 9.89. The van der Waals surface area contributed by atoms with Gasteiger partial charge in [0.1, 0.15) is 5.75 Å². The maximum Gasteiger partial charge on any atom is 0.259 e. The fourth-order valence-electron chi connectivity index (χ4n) is 2.51. The third-order valence-electron chi connectivity index (χ3n) is 3.63. The number of anilines is 1. The van der Waals surface area contributed by atoms with Crippen LogP contribution >= 0.6 is 0 Å². The molecule has 0 aromatic heterocycles. The smallest absolute Gasteiger partial charge is 0.259 e. The largest absolute Gasteiger partial charge is 0.495 e. The number of carbonyl (C=O) groups excluding carboxylic acids is 1. The molecule has 0 unspecified atom stereocenters. The van der Waals surface area contributed by atoms with Crippen molar-refractivity contribution in [3.05, 3.63) is 24.3 Å². The molecule has 0 radical (unpaired) electrons. The Hall–Kier alpha value is -2.04. The van der Waals surface area contributed by atoms with Gasteiger partial charge in [-0.05, 0) is 43.7 Å². The minimum absolute atomic E-state index is 0.147. The molecule has 21 heavy (non-hydrogen) atoms. The van der Waals surface area contributed by atoms with Gasteiger partial charge < -0.3 is 10.1 Å². The maximum absolute atomic E-state index is 11.8. The molecule has 0 saturated heterocycles. The number of methoxy groups -OCH3 is 1. The van der Waals surface area contributed by atoms with Crippen LogP contribution in [0.1, 0.15) is 32.6 Å². The van der Waals surface area contributed by atoms with Crippen molar-refractivity contribution in [2.45, 2.75) is 32.6 Å². The lowest BCUT2D eigenvalue weighted by Gasteiger charge is -2.19. The third-order valence-corrected chi connectivity index (χ3v) is 3.63. The van der Waals surface area contributed by atoms with E-state index in [0.717, 1.165) is 36.4 Å². The van der Waals surface area contributed by atoms with E-state index in [2.05, 4.69) is 22.8 Å². The van der Waals surface area contributed by atoms with E-state index in [-0.39, 0.29) is 12.5 Å². The molecule has 2 rings (SSSR count). The molecule has 2 N–H and O–H groups in total. The summed E-state index contributed by atoms with van der Waals surface area (Å²) in [6.07, 6.45) is 4.39. The van der Waals surface area contributed by atoms with E-state index >= 15 is 0 Å². The molecule has 1 amide bonds. The van der Waals surface area contributed by atoms with Gasteiger partial charge in [-0.1, -0.05) is 19.1 Å². The SMILES string of the molecule is COc1ccccc1NCC(=O)N/N=C1/CCC[C@H](C)C1. The lowest BCUT2D eigenvalue weighted by molar-refractivity contribution is -0.119. The van der Waals surface area contributed by atoms with E-state index in [4.69, 9.17) is 4.74 Å². The zero-order valence-electron chi connectivity index (χ0n) is 12.7. The predicted octanol–water partition coefficient (Wildman–Crippen LogP) is 2.79. The van der Waals surface area contributed by atoms with Crippen LogP contribution < -0.4 is 15.5 Å². The van der Waals surface area contributed by atoms with Gasteiger partial charge in [-0.15, -0.1) is 0 Å². The Morgan fingerprint density at radius 1 is 1.43 bits per heavy atom. The van der Waals surface area contributed by atoms with E-state index < -0.39 is 0 Å². The summed E-state index contributed by atoms with van der Waals surface area (Å²) >= 11 is 0. The third kappa shape index (κ3) is 4.77. The molecule has 1 aromatic rings. The fraction of sp³-hybridized carbons (Fsp3) is 0.500. The Bertz CT molecular complexity index is 514. The summed E-state index contributed by atoms with van der Waals surface area (Å²) in [5, 5.41) is 7.29. The molecule has 1 atom stereocenters. The minimum Gasteiger partial charge on any atom is -0.495 e. The number of benzene rings is 1. The zero-order valence-corrected chi connectivity index (χ0v) is 12.7. The summed E-state index contributed by atoms with van der Waals surface area (Å²) in [5.74, 6) is 1.24. The fourth-order valence-corrected chi connectivity index (χ4v) is 2.51. The first kappa shape index (κ1) is 15.4. The second-order valence-corrected chi connectivity index (χ2v) is 5.47. The topological polar surface area (TPSA) is 62.7 Å². The van der Waals surface area contributed by atoms with Gasteiger partial charge in [0.15, 0.2) is 0 Å². The Kier molecular flexibility index (Phi) is 5.60. The summed E-state index contributed by atoms with van der Waals surface area (Å²) in [7, 11) is 1.61. The van der Waals surface area contributed by atoms with Crippen LogP contribution in [0.15, 0.2) is 29.4 Å². The van der Waals surface area contributed by atoms with Crippen LogP contribution in [0.3, 0.4) is 0 Å². The van der Waals surface area contributed by atoms with E-state index in [1.165, 1.54) is 6.42 Å². The average molecular weight is 289 g/mol. The van der Waals surface area contributed by atoms with Crippen molar-refractivity contribution >= 4 is 17.3 Å². The van der Waals surface area contributed by atoms with Gasteiger partial charge in [0.05, 0.1) is 19.3 Å². The molecule has 1 aromatic carbocycles. The molecule has 5 nitrogen and oxygen atoms in total. The zero-order chi connectivity index (χ0) is 15.1. The van der Waals surface area contributed by atoms with Gasteiger partial charge in [0.25, 0.3) is 5.91 Å². The van der Waals surface area contributed by atoms with Gasteiger partial charge in [-0.3, -0.25) is 4.79 Å². The molecule has 5 heteroatoms. The van der Waals surface area contributed by atoms with E-state index in [1.54, 1.807) is 7.11 Å². The quantitative estimate of drug-likeness (QED) is 0.819. The van der Waals surface area contributed by atoms with Crippen LogP contribution in [0.25, 0.3) is 0 Å². The molecule has 0 aliphatic heterocycles. The van der Waals surface area contributed by atoms with Crippen LogP contribution in [0.5, 0.6) is 5.75 Å². The normalized spacial score (nSPS) is 20.1. The standard InChI is InChI=1S/C16H23N3O2/c1-12-6-5-7-13(10-12)18-19-16(20)11-17-14-8-3-4-9-15(14)21-2/h3-4,8-9,12,17H,5-7,10-11H2,1-2H3,(H,19,20)/b18-13-/t12-/m0/s1. The van der Waals surface area contributed by atoms with Crippen LogP contribution in [-0.4, -0.2) is 25.3 Å². The summed E-state index contributed by atoms with van der Waals surface area (Å²) in [4.78, 5) is 11.8. The average Bonchev–Trinajstić information content (AvgIpc) is 2.51. The molecule has 1 aliphatic carbocycles. The number of nitrogens with zero attached hydrogens (tertiary/aromatic N) is 1. The van der Waals surface area contributed by atoms with Crippen molar-refractivity contribution in [3.63, 3.8) is 0 Å². The Morgan fingerprint density at radius 2 is 2.24 bits per heavy atom. The Labute approximate surface area is 125 Å². The summed E-state index contributed by atoms with van der Waals surface area (Å²) < 4.78 is 5.22. The summed E-state index contributed by atoms with van der Waals surface area (Å²) in [6, 6.07) is 7.51. The van der Waals surface area contributed by atoms with Crippen LogP contribution in [0.4, 0.5) is 5.69 Å². The molecule has 0 spiro atoms. The lowest BCUT2D eigenvalue weighted by Crippen LogP contribution is -2.28. The Balaban J connectivity index is 1.81. The highest BCUT2D eigenvalue weighted by Crippen LogP contribution is 2.22. The highest BCUT2D eigenvalue weighted by Gasteiger charge is 2.14. The highest BCUT2D eigenvalue weighted by atomic mass is 16.5. The number of hydrogen-bond acceptors (Lipinski definition) is 4. The van der Waals surface area contributed by atoms with Gasteiger partial charge in [0, 0.05) is 5.71 Å². The number of ether oxygens (including phenoxy) is 1. The van der Waals surface area contributed by atoms with Crippen LogP contribution in [0.2, 0.25) is 0 Å². The monoisotopic (exact) mass is 289 g/mol. The molecular formula is C16H23N3O2. The second kappa shape index (κ2) is 7.67. The number of hydrogen-bond donors (Lipinski definition) is 2. The maximum atomic E-state index is 11.8. The number of rotatable bonds is 5. The molecular weight excluding hydrogens is 266 g/mol. The van der Waals surface area contributed by atoms with Crippen molar-refractivity contribution in [2.24, 2.45) is 11.0 Å². The highest BCUT2D eigenvalue weighted by molar-refractivity contribution is 5.88. The molecule has 0 bridgehead atoms. The molecule has 1 saturated carbocycles. The summed E-state index contributed by atoms with van der Waals surface area (Å²) in [6.45, 7) is 2.40. The van der Waals surface area contributed by atoms with Crippen molar-refractivity contribution < 1.29 is 9.53 Å². The van der Waals surface area contributed by atoms with E-state index in [9.17, 15) is 4.79 Å². The number of hydrazone groups is 1. The number of nitrogens with one attached hydrogen (secondary N) is 2. The van der Waals surface area contributed by atoms with Gasteiger partial charge in [-0.25, -0.2) is 5.43 Å². The van der Waals surface area contributed by atoms with Crippen LogP contribution in [-0.2, 0) is 4.79 Å². The van der Waals surface area contributed by atoms with Crippen molar-refractivity contribution in [2.75, 3.05) is 19.0 Å². The van der Waals surface area contributed by atoms with Crippen molar-refractivity contribution in [3.8, 4) is 5.75 Å². The first-order valence-corrected chi connectivity index (χ1v) is 7.40. The van der Waals surface area contributed by atoms with Crippen molar-refractivity contribution in [1.82, 2.24) is 5.43 Å². The number of amides is 1. The van der Waals surface area contributed by atoms with E-state index in [1.807, 2.05) is 24.3 Å². The number of carbonyl (C=O) groups is 1. The molecule has 114 valence electrons. The second-order valence-electron chi connectivity index (χ2n) is 5.47. The van der Waals surface area contributed by atoms with E-state index in [0.29, 0.717) is 5.92 Å². The summed E-state index contributed by atoms with van der Waals surface area (Å²) in [5.41, 5.74) is 4.52. The minimum atomic E-state index is -0.147. The number of para-hydroxylation sites is 2. The Morgan fingerprint density at radius 3 is 3.00 bits per heavy atom. The van der Waals surface area contributed by atoms with Gasteiger partial charge in [-0.2, -0.15) is 5.10 Å². The first-order chi connectivity index (χ1) is 10.2. The van der Waals surface area contributed by atoms with Crippen LogP contribution in [0, 0.1) is 5.92 Å². The van der Waals surface area contributed by atoms with Crippen molar-refractivity contribution in [1.29, 1.82) is 0 Å². The molecule has 0 heterocycles. The first-order valence-electron chi connectivity index (χ1n) is 7.40. The predicted molar refractivity (Wildman–Crippen MR) is 84.7 cm³/mol. The molecule has 1 aliphatic rings. The van der Waals surface area contributed by atoms with Gasteiger partial charge in [0.2, 0.25) is 0 Å².